The molecule has 1 aromatic carbocycles. The van der Waals surface area contributed by atoms with E-state index in [2.05, 4.69) is 10.2 Å². The molecule has 0 saturated heterocycles. The van der Waals surface area contributed by atoms with Crippen molar-refractivity contribution in [3.05, 3.63) is 29.8 Å². The Labute approximate surface area is 102 Å². The summed E-state index contributed by atoms with van der Waals surface area (Å²) < 4.78 is 0. The highest BCUT2D eigenvalue weighted by Crippen LogP contribution is 2.15. The molecule has 4 heteroatoms. The number of benzene rings is 1. The molecule has 4 nitrogen and oxygen atoms in total. The van der Waals surface area contributed by atoms with Gasteiger partial charge in [0.1, 0.15) is 6.04 Å². The SMILES string of the molecule is CCN(CC(NC)C(=O)O)c1ccc(C)cc1. The Bertz CT molecular complexity index is 362. The van der Waals surface area contributed by atoms with E-state index >= 15 is 0 Å². The van der Waals surface area contributed by atoms with E-state index in [9.17, 15) is 4.79 Å². The van der Waals surface area contributed by atoms with Crippen molar-refractivity contribution in [2.75, 3.05) is 25.0 Å². The van der Waals surface area contributed by atoms with Gasteiger partial charge in [0, 0.05) is 18.8 Å². The van der Waals surface area contributed by atoms with Crippen LogP contribution in [0.4, 0.5) is 5.69 Å². The third-order valence-electron chi connectivity index (χ3n) is 2.83. The van der Waals surface area contributed by atoms with Gasteiger partial charge in [-0.3, -0.25) is 4.79 Å². The predicted octanol–water partition coefficient (Wildman–Crippen LogP) is 1.49. The molecule has 0 heterocycles. The molecule has 0 saturated carbocycles. The number of anilines is 1. The number of hydrogen-bond donors (Lipinski definition) is 2. The van der Waals surface area contributed by atoms with Crippen LogP contribution in [0.25, 0.3) is 0 Å². The van der Waals surface area contributed by atoms with Crippen molar-refractivity contribution in [2.45, 2.75) is 19.9 Å². The second-order valence-corrected chi connectivity index (χ2v) is 4.05. The first-order valence-corrected chi connectivity index (χ1v) is 5.80. The van der Waals surface area contributed by atoms with Crippen LogP contribution in [-0.4, -0.2) is 37.3 Å². The van der Waals surface area contributed by atoms with E-state index in [-0.39, 0.29) is 0 Å². The van der Waals surface area contributed by atoms with Gasteiger partial charge in [-0.15, -0.1) is 0 Å². The third kappa shape index (κ3) is 3.75. The average molecular weight is 236 g/mol. The molecule has 2 N–H and O–H groups in total. The van der Waals surface area contributed by atoms with Crippen molar-refractivity contribution in [3.63, 3.8) is 0 Å². The summed E-state index contributed by atoms with van der Waals surface area (Å²) in [5.74, 6) is -0.821. The van der Waals surface area contributed by atoms with Gasteiger partial charge in [-0.25, -0.2) is 0 Å². The van der Waals surface area contributed by atoms with Gasteiger partial charge in [0.2, 0.25) is 0 Å². The largest absolute Gasteiger partial charge is 0.480 e. The topological polar surface area (TPSA) is 52.6 Å². The predicted molar refractivity (Wildman–Crippen MR) is 69.5 cm³/mol. The van der Waals surface area contributed by atoms with E-state index < -0.39 is 12.0 Å². The van der Waals surface area contributed by atoms with Crippen LogP contribution in [0.3, 0.4) is 0 Å². The van der Waals surface area contributed by atoms with Crippen molar-refractivity contribution in [1.29, 1.82) is 0 Å². The minimum atomic E-state index is -0.821. The van der Waals surface area contributed by atoms with Gasteiger partial charge in [-0.05, 0) is 33.0 Å². The fraction of sp³-hybridized carbons (Fsp3) is 0.462. The molecule has 0 amide bonds. The van der Waals surface area contributed by atoms with Gasteiger partial charge in [0.15, 0.2) is 0 Å². The van der Waals surface area contributed by atoms with E-state index in [1.165, 1.54) is 5.56 Å². The first-order chi connectivity index (χ1) is 8.08. The van der Waals surface area contributed by atoms with Crippen LogP contribution in [0, 0.1) is 6.92 Å². The van der Waals surface area contributed by atoms with E-state index in [1.54, 1.807) is 7.05 Å². The fourth-order valence-corrected chi connectivity index (χ4v) is 1.69. The molecule has 0 fully saturated rings. The molecule has 1 rings (SSSR count). The number of carboxylic acid groups (broad SMARTS) is 1. The lowest BCUT2D eigenvalue weighted by Gasteiger charge is -2.26. The van der Waals surface area contributed by atoms with Crippen molar-refractivity contribution >= 4 is 11.7 Å². The summed E-state index contributed by atoms with van der Waals surface area (Å²) >= 11 is 0. The highest BCUT2D eigenvalue weighted by Gasteiger charge is 2.18. The quantitative estimate of drug-likeness (QED) is 0.786. The number of rotatable bonds is 6. The molecule has 0 aliphatic carbocycles. The Kier molecular flexibility index (Phi) is 4.97. The summed E-state index contributed by atoms with van der Waals surface area (Å²) in [6.07, 6.45) is 0. The van der Waals surface area contributed by atoms with Crippen molar-refractivity contribution in [2.24, 2.45) is 0 Å². The van der Waals surface area contributed by atoms with Gasteiger partial charge in [0.05, 0.1) is 0 Å². The zero-order valence-electron chi connectivity index (χ0n) is 10.6. The van der Waals surface area contributed by atoms with Gasteiger partial charge >= 0.3 is 5.97 Å². The highest BCUT2D eigenvalue weighted by molar-refractivity contribution is 5.74. The monoisotopic (exact) mass is 236 g/mol. The summed E-state index contributed by atoms with van der Waals surface area (Å²) in [4.78, 5) is 13.0. The second-order valence-electron chi connectivity index (χ2n) is 4.05. The van der Waals surface area contributed by atoms with Crippen molar-refractivity contribution in [3.8, 4) is 0 Å². The smallest absolute Gasteiger partial charge is 0.322 e. The van der Waals surface area contributed by atoms with Crippen LogP contribution in [-0.2, 0) is 4.79 Å². The number of nitrogens with zero attached hydrogens (tertiary/aromatic N) is 1. The number of carbonyl (C=O) groups is 1. The molecule has 0 spiro atoms. The lowest BCUT2D eigenvalue weighted by molar-refractivity contribution is -0.139. The van der Waals surface area contributed by atoms with E-state index in [4.69, 9.17) is 5.11 Å². The highest BCUT2D eigenvalue weighted by atomic mass is 16.4. The summed E-state index contributed by atoms with van der Waals surface area (Å²) in [6.45, 7) is 5.31. The van der Waals surface area contributed by atoms with Crippen molar-refractivity contribution in [1.82, 2.24) is 5.32 Å². The number of nitrogens with one attached hydrogen (secondary N) is 1. The van der Waals surface area contributed by atoms with E-state index in [0.717, 1.165) is 12.2 Å². The van der Waals surface area contributed by atoms with Crippen LogP contribution in [0.1, 0.15) is 12.5 Å². The number of aryl methyl sites for hydroxylation is 1. The summed E-state index contributed by atoms with van der Waals surface area (Å²) in [7, 11) is 1.67. The summed E-state index contributed by atoms with van der Waals surface area (Å²) in [5.41, 5.74) is 2.26. The molecule has 17 heavy (non-hydrogen) atoms. The standard InChI is InChI=1S/C13H20N2O2/c1-4-15(9-12(14-3)13(16)17)11-7-5-10(2)6-8-11/h5-8,12,14H,4,9H2,1-3H3,(H,16,17). The number of aliphatic carboxylic acids is 1. The molecule has 1 unspecified atom stereocenters. The van der Waals surface area contributed by atoms with Gasteiger partial charge in [-0.2, -0.15) is 0 Å². The minimum Gasteiger partial charge on any atom is -0.480 e. The second kappa shape index (κ2) is 6.25. The Balaban J connectivity index is 2.77. The van der Waals surface area contributed by atoms with Gasteiger partial charge in [-0.1, -0.05) is 17.7 Å². The molecule has 94 valence electrons. The van der Waals surface area contributed by atoms with Crippen LogP contribution in [0.15, 0.2) is 24.3 Å². The lowest BCUT2D eigenvalue weighted by Crippen LogP contribution is -2.44. The Morgan fingerprint density at radius 2 is 2.00 bits per heavy atom. The molecule has 0 radical (unpaired) electrons. The molecular weight excluding hydrogens is 216 g/mol. The van der Waals surface area contributed by atoms with Gasteiger partial charge in [0.25, 0.3) is 0 Å². The molecule has 0 aliphatic heterocycles. The molecule has 0 aliphatic rings. The average Bonchev–Trinajstić information content (AvgIpc) is 2.32. The minimum absolute atomic E-state index is 0.464. The zero-order chi connectivity index (χ0) is 12.8. The van der Waals surface area contributed by atoms with Crippen LogP contribution < -0.4 is 10.2 Å². The van der Waals surface area contributed by atoms with Crippen LogP contribution in [0.5, 0.6) is 0 Å². The molecule has 1 aromatic rings. The maximum Gasteiger partial charge on any atom is 0.322 e. The zero-order valence-corrected chi connectivity index (χ0v) is 10.6. The Morgan fingerprint density at radius 1 is 1.41 bits per heavy atom. The molecule has 0 bridgehead atoms. The van der Waals surface area contributed by atoms with Crippen LogP contribution >= 0.6 is 0 Å². The van der Waals surface area contributed by atoms with Gasteiger partial charge < -0.3 is 15.3 Å². The molecular formula is C13H20N2O2. The van der Waals surface area contributed by atoms with E-state index in [1.807, 2.05) is 38.1 Å². The first-order valence-electron chi connectivity index (χ1n) is 5.80. The maximum atomic E-state index is 11.0. The third-order valence-corrected chi connectivity index (χ3v) is 2.83. The number of likely N-dealkylation sites (N-methyl/N-ethyl adjacent to an activating group) is 2. The molecule has 1 atom stereocenters. The lowest BCUT2D eigenvalue weighted by atomic mass is 10.2. The summed E-state index contributed by atoms with van der Waals surface area (Å²) in [6, 6.07) is 7.57. The van der Waals surface area contributed by atoms with Crippen molar-refractivity contribution < 1.29 is 9.90 Å². The van der Waals surface area contributed by atoms with E-state index in [0.29, 0.717) is 6.54 Å². The van der Waals surface area contributed by atoms with Crippen LogP contribution in [0.2, 0.25) is 0 Å². The Morgan fingerprint density at radius 3 is 2.41 bits per heavy atom. The summed E-state index contributed by atoms with van der Waals surface area (Å²) in [5, 5.41) is 11.8. The normalized spacial score (nSPS) is 12.2. The molecule has 0 aromatic heterocycles. The Hall–Kier alpha value is -1.55. The first kappa shape index (κ1) is 13.5. The fourth-order valence-electron chi connectivity index (χ4n) is 1.69. The number of carboxylic acids is 1. The maximum absolute atomic E-state index is 11.0. The number of hydrogen-bond acceptors (Lipinski definition) is 3.